The minimum absolute atomic E-state index is 0.100. The average molecular weight is 340 g/mol. The number of aromatic amines is 1. The summed E-state index contributed by atoms with van der Waals surface area (Å²) < 4.78 is 1.89. The van der Waals surface area contributed by atoms with Crippen molar-refractivity contribution in [3.63, 3.8) is 0 Å². The highest BCUT2D eigenvalue weighted by Crippen LogP contribution is 2.21. The summed E-state index contributed by atoms with van der Waals surface area (Å²) in [7, 11) is 1.86. The summed E-state index contributed by atoms with van der Waals surface area (Å²) in [5.41, 5.74) is 1.34. The quantitative estimate of drug-likeness (QED) is 0.734. The number of carbonyl (C=O) groups is 1. The van der Waals surface area contributed by atoms with Gasteiger partial charge in [0.2, 0.25) is 5.91 Å². The van der Waals surface area contributed by atoms with E-state index in [1.807, 2.05) is 33.8 Å². The van der Waals surface area contributed by atoms with E-state index in [1.54, 1.807) is 12.5 Å². The van der Waals surface area contributed by atoms with Crippen molar-refractivity contribution in [3.05, 3.63) is 31.1 Å². The van der Waals surface area contributed by atoms with E-state index in [1.165, 1.54) is 6.33 Å². The van der Waals surface area contributed by atoms with Crippen LogP contribution in [0.1, 0.15) is 12.8 Å². The molecule has 0 radical (unpaired) electrons. The van der Waals surface area contributed by atoms with Gasteiger partial charge in [0, 0.05) is 26.0 Å². The summed E-state index contributed by atoms with van der Waals surface area (Å²) in [6.45, 7) is 1.79. The van der Waals surface area contributed by atoms with Crippen molar-refractivity contribution in [2.45, 2.75) is 25.4 Å². The highest BCUT2D eigenvalue weighted by molar-refractivity contribution is 5.87. The third kappa shape index (κ3) is 3.04. The number of hydrogen-bond donors (Lipinski definition) is 1. The lowest BCUT2D eigenvalue weighted by Gasteiger charge is -2.27. The molecule has 0 bridgehead atoms. The Morgan fingerprint density at radius 2 is 2.32 bits per heavy atom. The Labute approximate surface area is 144 Å². The van der Waals surface area contributed by atoms with E-state index in [0.717, 1.165) is 31.4 Å². The third-order valence-electron chi connectivity index (χ3n) is 4.59. The minimum atomic E-state index is 0.100. The van der Waals surface area contributed by atoms with Crippen LogP contribution in [0, 0.1) is 0 Å². The van der Waals surface area contributed by atoms with E-state index >= 15 is 0 Å². The SMILES string of the molecule is CN(CC(=O)N1CCCC1Cn1cccn1)c1ncnc2nc[nH]c12. The minimum Gasteiger partial charge on any atom is -0.348 e. The lowest BCUT2D eigenvalue weighted by atomic mass is 10.2. The van der Waals surface area contributed by atoms with Crippen molar-refractivity contribution in [1.29, 1.82) is 0 Å². The van der Waals surface area contributed by atoms with Gasteiger partial charge in [-0.15, -0.1) is 0 Å². The van der Waals surface area contributed by atoms with Crippen molar-refractivity contribution in [1.82, 2.24) is 34.6 Å². The molecule has 1 N–H and O–H groups in total. The maximum atomic E-state index is 12.8. The Balaban J connectivity index is 1.46. The number of carbonyl (C=O) groups excluding carboxylic acids is 1. The van der Waals surface area contributed by atoms with Gasteiger partial charge < -0.3 is 14.8 Å². The molecule has 4 rings (SSSR count). The Morgan fingerprint density at radius 1 is 1.40 bits per heavy atom. The van der Waals surface area contributed by atoms with Crippen LogP contribution in [-0.2, 0) is 11.3 Å². The monoisotopic (exact) mass is 340 g/mol. The smallest absolute Gasteiger partial charge is 0.242 e. The van der Waals surface area contributed by atoms with Crippen molar-refractivity contribution < 1.29 is 4.79 Å². The summed E-state index contributed by atoms with van der Waals surface area (Å²) in [6.07, 6.45) is 8.78. The van der Waals surface area contributed by atoms with Gasteiger partial charge in [-0.25, -0.2) is 15.0 Å². The van der Waals surface area contributed by atoms with Crippen LogP contribution < -0.4 is 4.90 Å². The maximum Gasteiger partial charge on any atom is 0.242 e. The van der Waals surface area contributed by atoms with Crippen LogP contribution in [0.2, 0.25) is 0 Å². The Kier molecular flexibility index (Phi) is 4.04. The van der Waals surface area contributed by atoms with E-state index in [4.69, 9.17) is 0 Å². The molecule has 1 saturated heterocycles. The molecule has 130 valence electrons. The number of H-pyrrole nitrogens is 1. The summed E-state index contributed by atoms with van der Waals surface area (Å²) in [5.74, 6) is 0.780. The number of nitrogens with one attached hydrogen (secondary N) is 1. The van der Waals surface area contributed by atoms with Crippen LogP contribution in [-0.4, -0.2) is 66.7 Å². The number of imidazole rings is 1. The second-order valence-electron chi connectivity index (χ2n) is 6.27. The molecule has 1 atom stereocenters. The topological polar surface area (TPSA) is 95.8 Å². The second kappa shape index (κ2) is 6.50. The van der Waals surface area contributed by atoms with Crippen molar-refractivity contribution in [2.24, 2.45) is 0 Å². The molecule has 25 heavy (non-hydrogen) atoms. The maximum absolute atomic E-state index is 12.8. The Bertz CT molecular complexity index is 858. The van der Waals surface area contributed by atoms with Crippen LogP contribution in [0.5, 0.6) is 0 Å². The van der Waals surface area contributed by atoms with Gasteiger partial charge in [0.25, 0.3) is 0 Å². The molecule has 1 aliphatic heterocycles. The number of fused-ring (bicyclic) bond motifs is 1. The van der Waals surface area contributed by atoms with Gasteiger partial charge in [-0.05, 0) is 18.9 Å². The van der Waals surface area contributed by atoms with Gasteiger partial charge in [-0.1, -0.05) is 0 Å². The van der Waals surface area contributed by atoms with Gasteiger partial charge in [0.15, 0.2) is 11.5 Å². The number of aromatic nitrogens is 6. The average Bonchev–Trinajstić information content (AvgIpc) is 3.36. The van der Waals surface area contributed by atoms with E-state index in [2.05, 4.69) is 25.0 Å². The molecule has 0 saturated carbocycles. The molecule has 9 heteroatoms. The lowest BCUT2D eigenvalue weighted by molar-refractivity contribution is -0.130. The number of nitrogens with zero attached hydrogens (tertiary/aromatic N) is 7. The highest BCUT2D eigenvalue weighted by atomic mass is 16.2. The zero-order chi connectivity index (χ0) is 17.2. The van der Waals surface area contributed by atoms with Gasteiger partial charge in [-0.3, -0.25) is 9.48 Å². The molecule has 1 amide bonds. The zero-order valence-electron chi connectivity index (χ0n) is 14.0. The van der Waals surface area contributed by atoms with E-state index < -0.39 is 0 Å². The normalized spacial score (nSPS) is 17.3. The number of likely N-dealkylation sites (tertiary alicyclic amines) is 1. The van der Waals surface area contributed by atoms with Crippen molar-refractivity contribution >= 4 is 22.9 Å². The first-order chi connectivity index (χ1) is 12.2. The standard InChI is InChI=1S/C16H20N8O/c1-22(16-14-15(18-10-17-14)19-11-20-16)9-13(25)24-7-2-4-12(24)8-23-6-3-5-21-23/h3,5-6,10-12H,2,4,7-9H2,1H3,(H,17,18,19,20). The van der Waals surface area contributed by atoms with Gasteiger partial charge in [0.1, 0.15) is 11.8 Å². The van der Waals surface area contributed by atoms with Crippen molar-refractivity contribution in [2.75, 3.05) is 25.0 Å². The molecule has 0 aliphatic carbocycles. The van der Waals surface area contributed by atoms with Gasteiger partial charge >= 0.3 is 0 Å². The molecular weight excluding hydrogens is 320 g/mol. The van der Waals surface area contributed by atoms with E-state index in [0.29, 0.717) is 11.5 Å². The lowest BCUT2D eigenvalue weighted by Crippen LogP contribution is -2.43. The molecule has 1 aliphatic rings. The van der Waals surface area contributed by atoms with Gasteiger partial charge in [0.05, 0.1) is 25.5 Å². The summed E-state index contributed by atoms with van der Waals surface area (Å²) in [5, 5.41) is 4.25. The van der Waals surface area contributed by atoms with Crippen LogP contribution in [0.3, 0.4) is 0 Å². The highest BCUT2D eigenvalue weighted by Gasteiger charge is 2.30. The fourth-order valence-electron chi connectivity index (χ4n) is 3.39. The molecule has 1 fully saturated rings. The predicted octanol–water partition coefficient (Wildman–Crippen LogP) is 0.677. The molecule has 3 aromatic heterocycles. The first-order valence-electron chi connectivity index (χ1n) is 8.34. The Morgan fingerprint density at radius 3 is 3.16 bits per heavy atom. The zero-order valence-corrected chi connectivity index (χ0v) is 14.0. The number of anilines is 1. The molecule has 0 spiro atoms. The van der Waals surface area contributed by atoms with Crippen LogP contribution in [0.15, 0.2) is 31.1 Å². The summed E-state index contributed by atoms with van der Waals surface area (Å²) in [6, 6.07) is 2.10. The van der Waals surface area contributed by atoms with Gasteiger partial charge in [-0.2, -0.15) is 5.10 Å². The number of hydrogen-bond acceptors (Lipinski definition) is 6. The fraction of sp³-hybridized carbons (Fsp3) is 0.438. The number of likely N-dealkylation sites (N-methyl/N-ethyl adjacent to an activating group) is 1. The first-order valence-corrected chi connectivity index (χ1v) is 8.34. The largest absolute Gasteiger partial charge is 0.348 e. The van der Waals surface area contributed by atoms with Crippen LogP contribution in [0.25, 0.3) is 11.2 Å². The fourth-order valence-corrected chi connectivity index (χ4v) is 3.39. The first kappa shape index (κ1) is 15.6. The summed E-state index contributed by atoms with van der Waals surface area (Å²) >= 11 is 0. The molecule has 4 heterocycles. The molecular formula is C16H20N8O. The van der Waals surface area contributed by atoms with Crippen LogP contribution in [0.4, 0.5) is 5.82 Å². The Hall–Kier alpha value is -2.97. The third-order valence-corrected chi connectivity index (χ3v) is 4.59. The van der Waals surface area contributed by atoms with E-state index in [-0.39, 0.29) is 18.5 Å². The number of amides is 1. The molecule has 3 aromatic rings. The predicted molar refractivity (Wildman–Crippen MR) is 91.9 cm³/mol. The number of rotatable bonds is 5. The molecule has 0 aromatic carbocycles. The van der Waals surface area contributed by atoms with E-state index in [9.17, 15) is 4.79 Å². The summed E-state index contributed by atoms with van der Waals surface area (Å²) in [4.78, 5) is 32.2. The molecule has 1 unspecified atom stereocenters. The van der Waals surface area contributed by atoms with Crippen LogP contribution >= 0.6 is 0 Å². The van der Waals surface area contributed by atoms with Crippen molar-refractivity contribution in [3.8, 4) is 0 Å². The molecule has 9 nitrogen and oxygen atoms in total. The second-order valence-corrected chi connectivity index (χ2v) is 6.27.